The molecule has 100 valence electrons. The first-order chi connectivity index (χ1) is 8.65. The molecule has 0 unspecified atom stereocenters. The van der Waals surface area contributed by atoms with Crippen LogP contribution >= 0.6 is 0 Å². The van der Waals surface area contributed by atoms with Crippen molar-refractivity contribution in [3.63, 3.8) is 0 Å². The number of hydrogen-bond donors (Lipinski definition) is 2. The van der Waals surface area contributed by atoms with Crippen LogP contribution in [0.15, 0.2) is 12.1 Å². The maximum Gasteiger partial charge on any atom is 0.225 e. The van der Waals surface area contributed by atoms with E-state index in [2.05, 4.69) is 5.32 Å². The van der Waals surface area contributed by atoms with Crippen LogP contribution in [-0.4, -0.2) is 33.8 Å². The van der Waals surface area contributed by atoms with Crippen LogP contribution in [0.2, 0.25) is 0 Å². The van der Waals surface area contributed by atoms with Gasteiger partial charge in [-0.1, -0.05) is 0 Å². The zero-order valence-electron chi connectivity index (χ0n) is 10.8. The molecular formula is C12H18N2O4. The van der Waals surface area contributed by atoms with Crippen LogP contribution in [0.4, 0.5) is 5.69 Å². The molecule has 0 aromatic heterocycles. The number of carbonyl (C=O) groups excluding carboxylic acids is 1. The number of carbonyl (C=O) groups is 1. The Balaban J connectivity index is 3.03. The summed E-state index contributed by atoms with van der Waals surface area (Å²) in [7, 11) is 4.55. The third-order valence-corrected chi connectivity index (χ3v) is 2.32. The minimum atomic E-state index is -0.160. The topological polar surface area (TPSA) is 82.8 Å². The maximum absolute atomic E-state index is 11.5. The van der Waals surface area contributed by atoms with Crippen molar-refractivity contribution in [3.05, 3.63) is 12.1 Å². The van der Waals surface area contributed by atoms with E-state index in [4.69, 9.17) is 19.9 Å². The first kappa shape index (κ1) is 14.1. The lowest BCUT2D eigenvalue weighted by Gasteiger charge is -2.14. The van der Waals surface area contributed by atoms with Crippen molar-refractivity contribution >= 4 is 11.6 Å². The van der Waals surface area contributed by atoms with Gasteiger partial charge in [0.2, 0.25) is 11.7 Å². The average Bonchev–Trinajstić information content (AvgIpc) is 2.37. The SMILES string of the molecule is COc1cc(NC(=O)CCN)cc(OC)c1OC. The van der Waals surface area contributed by atoms with Crippen LogP contribution in [0, 0.1) is 0 Å². The standard InChI is InChI=1S/C12H18N2O4/c1-16-9-6-8(14-11(15)4-5-13)7-10(17-2)12(9)18-3/h6-7H,4-5,13H2,1-3H3,(H,14,15). The fourth-order valence-corrected chi connectivity index (χ4v) is 1.51. The first-order valence-electron chi connectivity index (χ1n) is 5.46. The van der Waals surface area contributed by atoms with Gasteiger partial charge in [-0.25, -0.2) is 0 Å². The molecule has 6 nitrogen and oxygen atoms in total. The van der Waals surface area contributed by atoms with E-state index in [0.29, 0.717) is 29.5 Å². The number of nitrogens with two attached hydrogens (primary N) is 1. The van der Waals surface area contributed by atoms with Crippen molar-refractivity contribution < 1.29 is 19.0 Å². The molecule has 1 aromatic carbocycles. The number of anilines is 1. The van der Waals surface area contributed by atoms with Crippen molar-refractivity contribution in [2.45, 2.75) is 6.42 Å². The molecule has 0 heterocycles. The number of methoxy groups -OCH3 is 3. The summed E-state index contributed by atoms with van der Waals surface area (Å²) in [4.78, 5) is 11.5. The van der Waals surface area contributed by atoms with Gasteiger partial charge in [0.15, 0.2) is 11.5 Å². The quantitative estimate of drug-likeness (QED) is 0.791. The molecule has 3 N–H and O–H groups in total. The monoisotopic (exact) mass is 254 g/mol. The van der Waals surface area contributed by atoms with E-state index >= 15 is 0 Å². The van der Waals surface area contributed by atoms with Gasteiger partial charge in [-0.05, 0) is 0 Å². The molecule has 0 radical (unpaired) electrons. The average molecular weight is 254 g/mol. The van der Waals surface area contributed by atoms with E-state index in [1.165, 1.54) is 21.3 Å². The molecule has 0 saturated heterocycles. The molecule has 1 rings (SSSR count). The lowest BCUT2D eigenvalue weighted by Crippen LogP contribution is -2.16. The van der Waals surface area contributed by atoms with Gasteiger partial charge in [0.05, 0.1) is 21.3 Å². The fraction of sp³-hybridized carbons (Fsp3) is 0.417. The van der Waals surface area contributed by atoms with Crippen LogP contribution in [0.3, 0.4) is 0 Å². The van der Waals surface area contributed by atoms with Gasteiger partial charge in [0, 0.05) is 30.8 Å². The van der Waals surface area contributed by atoms with E-state index in [9.17, 15) is 4.79 Å². The summed E-state index contributed by atoms with van der Waals surface area (Å²) in [5.74, 6) is 1.29. The molecular weight excluding hydrogens is 236 g/mol. The molecule has 0 aliphatic carbocycles. The number of hydrogen-bond acceptors (Lipinski definition) is 5. The van der Waals surface area contributed by atoms with Gasteiger partial charge in [-0.15, -0.1) is 0 Å². The van der Waals surface area contributed by atoms with Crippen molar-refractivity contribution in [2.75, 3.05) is 33.2 Å². The summed E-state index contributed by atoms with van der Waals surface area (Å²) in [6.07, 6.45) is 0.261. The van der Waals surface area contributed by atoms with Gasteiger partial charge in [0.25, 0.3) is 0 Å². The predicted molar refractivity (Wildman–Crippen MR) is 68.4 cm³/mol. The second-order valence-corrected chi connectivity index (χ2v) is 3.50. The number of benzene rings is 1. The van der Waals surface area contributed by atoms with Gasteiger partial charge >= 0.3 is 0 Å². The van der Waals surface area contributed by atoms with Crippen LogP contribution in [0.1, 0.15) is 6.42 Å². The lowest BCUT2D eigenvalue weighted by molar-refractivity contribution is -0.116. The highest BCUT2D eigenvalue weighted by atomic mass is 16.5. The lowest BCUT2D eigenvalue weighted by atomic mass is 10.2. The molecule has 0 aliphatic rings. The third-order valence-electron chi connectivity index (χ3n) is 2.32. The molecule has 0 aliphatic heterocycles. The highest BCUT2D eigenvalue weighted by molar-refractivity contribution is 5.91. The molecule has 18 heavy (non-hydrogen) atoms. The van der Waals surface area contributed by atoms with Gasteiger partial charge in [0.1, 0.15) is 0 Å². The third kappa shape index (κ3) is 3.27. The summed E-state index contributed by atoms with van der Waals surface area (Å²) in [5, 5.41) is 2.71. The molecule has 0 atom stereocenters. The fourth-order valence-electron chi connectivity index (χ4n) is 1.51. The largest absolute Gasteiger partial charge is 0.493 e. The molecule has 0 bridgehead atoms. The molecule has 6 heteroatoms. The second-order valence-electron chi connectivity index (χ2n) is 3.50. The van der Waals surface area contributed by atoms with E-state index in [-0.39, 0.29) is 12.3 Å². The normalized spacial score (nSPS) is 9.78. The van der Waals surface area contributed by atoms with E-state index in [1.54, 1.807) is 12.1 Å². The number of nitrogens with one attached hydrogen (secondary N) is 1. The van der Waals surface area contributed by atoms with Crippen LogP contribution < -0.4 is 25.3 Å². The summed E-state index contributed by atoms with van der Waals surface area (Å²) in [6, 6.07) is 3.32. The maximum atomic E-state index is 11.5. The van der Waals surface area contributed by atoms with Crippen LogP contribution in [0.25, 0.3) is 0 Å². The number of ether oxygens (including phenoxy) is 3. The Hall–Kier alpha value is -1.95. The van der Waals surface area contributed by atoms with E-state index in [1.807, 2.05) is 0 Å². The van der Waals surface area contributed by atoms with Crippen molar-refractivity contribution in [1.82, 2.24) is 0 Å². The Labute approximate surface area is 106 Å². The second kappa shape index (κ2) is 6.70. The Morgan fingerprint density at radius 3 is 2.11 bits per heavy atom. The number of rotatable bonds is 6. The molecule has 1 amide bonds. The Kier molecular flexibility index (Phi) is 5.26. The van der Waals surface area contributed by atoms with Crippen LogP contribution in [-0.2, 0) is 4.79 Å². The molecule has 0 saturated carbocycles. The predicted octanol–water partition coefficient (Wildman–Crippen LogP) is 1.000. The van der Waals surface area contributed by atoms with Gasteiger partial charge in [-0.2, -0.15) is 0 Å². The molecule has 0 spiro atoms. The van der Waals surface area contributed by atoms with Gasteiger partial charge < -0.3 is 25.3 Å². The van der Waals surface area contributed by atoms with Crippen molar-refractivity contribution in [2.24, 2.45) is 5.73 Å². The summed E-state index contributed by atoms with van der Waals surface area (Å²) < 4.78 is 15.5. The van der Waals surface area contributed by atoms with Crippen molar-refractivity contribution in [1.29, 1.82) is 0 Å². The zero-order chi connectivity index (χ0) is 13.5. The smallest absolute Gasteiger partial charge is 0.225 e. The van der Waals surface area contributed by atoms with E-state index in [0.717, 1.165) is 0 Å². The minimum absolute atomic E-state index is 0.160. The zero-order valence-corrected chi connectivity index (χ0v) is 10.8. The minimum Gasteiger partial charge on any atom is -0.493 e. The van der Waals surface area contributed by atoms with E-state index < -0.39 is 0 Å². The Morgan fingerprint density at radius 2 is 1.72 bits per heavy atom. The Morgan fingerprint density at radius 1 is 1.17 bits per heavy atom. The van der Waals surface area contributed by atoms with Crippen LogP contribution in [0.5, 0.6) is 17.2 Å². The van der Waals surface area contributed by atoms with Crippen molar-refractivity contribution in [3.8, 4) is 17.2 Å². The first-order valence-corrected chi connectivity index (χ1v) is 5.46. The molecule has 0 fully saturated rings. The van der Waals surface area contributed by atoms with Gasteiger partial charge in [-0.3, -0.25) is 4.79 Å². The summed E-state index contributed by atoms with van der Waals surface area (Å²) in [5.41, 5.74) is 5.88. The number of amides is 1. The highest BCUT2D eigenvalue weighted by Gasteiger charge is 2.14. The molecule has 1 aromatic rings. The highest BCUT2D eigenvalue weighted by Crippen LogP contribution is 2.39. The summed E-state index contributed by atoms with van der Waals surface area (Å²) in [6.45, 7) is 0.302. The summed E-state index contributed by atoms with van der Waals surface area (Å²) >= 11 is 0. The Bertz CT molecular complexity index is 396.